The molecule has 0 aromatic heterocycles. The zero-order valence-corrected chi connectivity index (χ0v) is 14.9. The van der Waals surface area contributed by atoms with E-state index < -0.39 is 0 Å². The lowest BCUT2D eigenvalue weighted by atomic mass is 10.2. The van der Waals surface area contributed by atoms with E-state index in [9.17, 15) is 4.79 Å². The zero-order chi connectivity index (χ0) is 16.1. The Labute approximate surface area is 149 Å². The first-order valence-electron chi connectivity index (χ1n) is 6.54. The highest BCUT2D eigenvalue weighted by Gasteiger charge is 2.07. The fourth-order valence-corrected chi connectivity index (χ4v) is 3.09. The highest BCUT2D eigenvalue weighted by atomic mass is 35.5. The van der Waals surface area contributed by atoms with Gasteiger partial charge in [-0.3, -0.25) is 4.79 Å². The summed E-state index contributed by atoms with van der Waals surface area (Å²) < 4.78 is 0. The standard InChI is InChI=1S/C16H14Cl3NOS/c1-10-12(17)3-2-4-15(10)20-16(21)9-22-8-11-5-6-13(18)14(19)7-11/h2-7H,8-9H2,1H3,(H,20,21). The quantitative estimate of drug-likeness (QED) is 0.713. The van der Waals surface area contributed by atoms with Crippen LogP contribution in [0.1, 0.15) is 11.1 Å². The highest BCUT2D eigenvalue weighted by molar-refractivity contribution is 7.99. The largest absolute Gasteiger partial charge is 0.325 e. The molecule has 0 aliphatic rings. The number of hydrogen-bond acceptors (Lipinski definition) is 2. The minimum Gasteiger partial charge on any atom is -0.325 e. The molecule has 0 fully saturated rings. The van der Waals surface area contributed by atoms with Gasteiger partial charge in [-0.1, -0.05) is 46.9 Å². The molecule has 0 spiro atoms. The third-order valence-corrected chi connectivity index (χ3v) is 5.18. The molecule has 0 unspecified atom stereocenters. The summed E-state index contributed by atoms with van der Waals surface area (Å²) in [5, 5.41) is 4.57. The van der Waals surface area contributed by atoms with Crippen molar-refractivity contribution in [3.63, 3.8) is 0 Å². The van der Waals surface area contributed by atoms with Gasteiger partial charge in [-0.15, -0.1) is 11.8 Å². The van der Waals surface area contributed by atoms with Crippen LogP contribution in [0.25, 0.3) is 0 Å². The Bertz CT molecular complexity index is 691. The van der Waals surface area contributed by atoms with Crippen molar-refractivity contribution in [1.29, 1.82) is 0 Å². The molecule has 1 amide bonds. The van der Waals surface area contributed by atoms with Gasteiger partial charge in [0.15, 0.2) is 0 Å². The molecule has 0 aliphatic heterocycles. The Hall–Kier alpha value is -0.870. The van der Waals surface area contributed by atoms with Crippen molar-refractivity contribution in [2.45, 2.75) is 12.7 Å². The average molecular weight is 375 g/mol. The number of nitrogens with one attached hydrogen (secondary N) is 1. The van der Waals surface area contributed by atoms with Crippen molar-refractivity contribution >= 4 is 58.2 Å². The van der Waals surface area contributed by atoms with Gasteiger partial charge in [-0.25, -0.2) is 0 Å². The number of amides is 1. The van der Waals surface area contributed by atoms with Crippen molar-refractivity contribution in [3.8, 4) is 0 Å². The molecule has 2 aromatic carbocycles. The van der Waals surface area contributed by atoms with E-state index in [1.54, 1.807) is 12.1 Å². The second-order valence-corrected chi connectivity index (χ2v) is 6.91. The van der Waals surface area contributed by atoms with Crippen molar-refractivity contribution in [2.75, 3.05) is 11.1 Å². The first kappa shape index (κ1) is 17.5. The van der Waals surface area contributed by atoms with Gasteiger partial charge < -0.3 is 5.32 Å². The zero-order valence-electron chi connectivity index (χ0n) is 11.8. The number of hydrogen-bond donors (Lipinski definition) is 1. The normalized spacial score (nSPS) is 10.5. The lowest BCUT2D eigenvalue weighted by Gasteiger charge is -2.09. The van der Waals surface area contributed by atoms with Crippen LogP contribution in [0, 0.1) is 6.92 Å². The van der Waals surface area contributed by atoms with E-state index in [0.29, 0.717) is 26.6 Å². The number of rotatable bonds is 5. The van der Waals surface area contributed by atoms with Crippen LogP contribution in [0.2, 0.25) is 15.1 Å². The maximum Gasteiger partial charge on any atom is 0.234 e. The van der Waals surface area contributed by atoms with Crippen LogP contribution in [0.3, 0.4) is 0 Å². The fourth-order valence-electron chi connectivity index (χ4n) is 1.82. The molecule has 2 nitrogen and oxygen atoms in total. The molecule has 0 bridgehead atoms. The maximum atomic E-state index is 12.0. The minimum atomic E-state index is -0.0598. The van der Waals surface area contributed by atoms with E-state index in [0.717, 1.165) is 16.8 Å². The number of halogens is 3. The molecule has 1 N–H and O–H groups in total. The summed E-state index contributed by atoms with van der Waals surface area (Å²) in [4.78, 5) is 12.0. The van der Waals surface area contributed by atoms with Gasteiger partial charge in [0.2, 0.25) is 5.91 Å². The van der Waals surface area contributed by atoms with E-state index in [-0.39, 0.29) is 5.91 Å². The lowest BCUT2D eigenvalue weighted by molar-refractivity contribution is -0.113. The molecule has 0 aliphatic carbocycles. The Morgan fingerprint density at radius 1 is 1.09 bits per heavy atom. The molecule has 0 radical (unpaired) electrons. The molecule has 2 rings (SSSR count). The van der Waals surface area contributed by atoms with E-state index in [1.807, 2.05) is 31.2 Å². The second-order valence-electron chi connectivity index (χ2n) is 4.70. The number of carbonyl (C=O) groups excluding carboxylic acids is 1. The summed E-state index contributed by atoms with van der Waals surface area (Å²) in [6, 6.07) is 10.9. The van der Waals surface area contributed by atoms with E-state index in [2.05, 4.69) is 5.32 Å². The maximum absolute atomic E-state index is 12.0. The Morgan fingerprint density at radius 2 is 1.86 bits per heavy atom. The Balaban J connectivity index is 1.85. The summed E-state index contributed by atoms with van der Waals surface area (Å²) in [6.07, 6.45) is 0. The lowest BCUT2D eigenvalue weighted by Crippen LogP contribution is -2.15. The first-order chi connectivity index (χ1) is 10.5. The summed E-state index contributed by atoms with van der Waals surface area (Å²) in [5.74, 6) is 0.987. The Kier molecular flexibility index (Phi) is 6.45. The molecule has 0 saturated carbocycles. The van der Waals surface area contributed by atoms with Gasteiger partial charge in [-0.05, 0) is 42.3 Å². The second kappa shape index (κ2) is 8.11. The van der Waals surface area contributed by atoms with Crippen LogP contribution >= 0.6 is 46.6 Å². The number of anilines is 1. The van der Waals surface area contributed by atoms with Gasteiger partial charge in [0.25, 0.3) is 0 Å². The molecular weight excluding hydrogens is 361 g/mol. The van der Waals surface area contributed by atoms with Gasteiger partial charge in [0.1, 0.15) is 0 Å². The summed E-state index contributed by atoms with van der Waals surface area (Å²) in [7, 11) is 0. The molecule has 2 aromatic rings. The molecular formula is C16H14Cl3NOS. The van der Waals surface area contributed by atoms with Crippen molar-refractivity contribution in [3.05, 3.63) is 62.6 Å². The fraction of sp³-hybridized carbons (Fsp3) is 0.188. The van der Waals surface area contributed by atoms with Crippen molar-refractivity contribution < 1.29 is 4.79 Å². The molecule has 0 atom stereocenters. The van der Waals surface area contributed by atoms with Gasteiger partial charge in [0.05, 0.1) is 15.8 Å². The molecule has 22 heavy (non-hydrogen) atoms. The van der Waals surface area contributed by atoms with Crippen molar-refractivity contribution in [2.24, 2.45) is 0 Å². The third-order valence-electron chi connectivity index (χ3n) is 3.03. The molecule has 116 valence electrons. The predicted molar refractivity (Wildman–Crippen MR) is 97.4 cm³/mol. The monoisotopic (exact) mass is 373 g/mol. The van der Waals surface area contributed by atoms with Crippen molar-refractivity contribution in [1.82, 2.24) is 0 Å². The molecule has 0 saturated heterocycles. The summed E-state index contributed by atoms with van der Waals surface area (Å²) >= 11 is 19.4. The minimum absolute atomic E-state index is 0.0598. The van der Waals surface area contributed by atoms with E-state index in [4.69, 9.17) is 34.8 Å². The Morgan fingerprint density at radius 3 is 2.59 bits per heavy atom. The van der Waals surface area contributed by atoms with Crippen LogP contribution < -0.4 is 5.32 Å². The topological polar surface area (TPSA) is 29.1 Å². The van der Waals surface area contributed by atoms with Gasteiger partial charge in [0, 0.05) is 16.5 Å². The van der Waals surface area contributed by atoms with Crippen LogP contribution in [-0.2, 0) is 10.5 Å². The molecule has 6 heteroatoms. The van der Waals surface area contributed by atoms with E-state index >= 15 is 0 Å². The molecule has 0 heterocycles. The van der Waals surface area contributed by atoms with E-state index in [1.165, 1.54) is 11.8 Å². The number of benzene rings is 2. The van der Waals surface area contributed by atoms with Gasteiger partial charge >= 0.3 is 0 Å². The highest BCUT2D eigenvalue weighted by Crippen LogP contribution is 2.25. The first-order valence-corrected chi connectivity index (χ1v) is 8.83. The smallest absolute Gasteiger partial charge is 0.234 e. The third kappa shape index (κ3) is 4.82. The van der Waals surface area contributed by atoms with Crippen LogP contribution in [0.15, 0.2) is 36.4 Å². The van der Waals surface area contributed by atoms with Crippen LogP contribution in [-0.4, -0.2) is 11.7 Å². The van der Waals surface area contributed by atoms with Gasteiger partial charge in [-0.2, -0.15) is 0 Å². The summed E-state index contributed by atoms with van der Waals surface area (Å²) in [5.41, 5.74) is 2.64. The average Bonchev–Trinajstić information content (AvgIpc) is 2.48. The summed E-state index contributed by atoms with van der Waals surface area (Å²) in [6.45, 7) is 1.88. The number of carbonyl (C=O) groups is 1. The predicted octanol–water partition coefficient (Wildman–Crippen LogP) is 5.83. The SMILES string of the molecule is Cc1c(Cl)cccc1NC(=O)CSCc1ccc(Cl)c(Cl)c1. The number of thioether (sulfide) groups is 1. The van der Waals surface area contributed by atoms with Crippen LogP contribution in [0.5, 0.6) is 0 Å². The van der Waals surface area contributed by atoms with Crippen LogP contribution in [0.4, 0.5) is 5.69 Å².